The molecule has 2 aromatic carbocycles. The molecule has 1 amide bonds. The molecule has 27 heavy (non-hydrogen) atoms. The number of rotatable bonds is 8. The Morgan fingerprint density at radius 1 is 1.00 bits per heavy atom. The van der Waals surface area contributed by atoms with Crippen molar-refractivity contribution in [3.63, 3.8) is 0 Å². The maximum absolute atomic E-state index is 13.0. The second kappa shape index (κ2) is 10.4. The standard InChI is InChI=1S/C19H25N3O3S.ClH/c1-21(2)19(23)17-9-6-10-18(15-17)26(24,25)22(14-12-20)13-11-16-7-4-3-5-8-16;/h3-10,15H,11-14,20H2,1-2H3;1H. The quantitative estimate of drug-likeness (QED) is 0.720. The first-order valence-electron chi connectivity index (χ1n) is 8.42. The van der Waals surface area contributed by atoms with Gasteiger partial charge in [0.05, 0.1) is 4.90 Å². The summed E-state index contributed by atoms with van der Waals surface area (Å²) < 4.78 is 27.4. The minimum Gasteiger partial charge on any atom is -0.345 e. The predicted octanol–water partition coefficient (Wildman–Crippen LogP) is 2.00. The number of nitrogens with zero attached hydrogens (tertiary/aromatic N) is 2. The smallest absolute Gasteiger partial charge is 0.253 e. The zero-order chi connectivity index (χ0) is 19.2. The van der Waals surface area contributed by atoms with E-state index < -0.39 is 10.0 Å². The number of sulfonamides is 1. The van der Waals surface area contributed by atoms with Crippen molar-refractivity contribution in [2.24, 2.45) is 5.73 Å². The third-order valence-electron chi connectivity index (χ3n) is 4.00. The molecule has 0 radical (unpaired) electrons. The molecule has 0 saturated carbocycles. The Bertz CT molecular complexity index is 842. The summed E-state index contributed by atoms with van der Waals surface area (Å²) in [6.07, 6.45) is 0.594. The van der Waals surface area contributed by atoms with Gasteiger partial charge in [-0.05, 0) is 30.2 Å². The Morgan fingerprint density at radius 2 is 1.67 bits per heavy atom. The number of carbonyl (C=O) groups excluding carboxylic acids is 1. The highest BCUT2D eigenvalue weighted by Gasteiger charge is 2.24. The zero-order valence-corrected chi connectivity index (χ0v) is 17.2. The van der Waals surface area contributed by atoms with Crippen LogP contribution in [0.1, 0.15) is 15.9 Å². The molecule has 0 fully saturated rings. The van der Waals surface area contributed by atoms with Gasteiger partial charge in [0.15, 0.2) is 0 Å². The summed E-state index contributed by atoms with van der Waals surface area (Å²) in [5.41, 5.74) is 7.02. The molecule has 0 aromatic heterocycles. The maximum Gasteiger partial charge on any atom is 0.253 e. The maximum atomic E-state index is 13.0. The molecular weight excluding hydrogens is 386 g/mol. The predicted molar refractivity (Wildman–Crippen MR) is 110 cm³/mol. The second-order valence-corrected chi connectivity index (χ2v) is 8.09. The van der Waals surface area contributed by atoms with Crippen molar-refractivity contribution in [1.29, 1.82) is 0 Å². The summed E-state index contributed by atoms with van der Waals surface area (Å²) in [5.74, 6) is -0.239. The molecule has 2 rings (SSSR count). The average Bonchev–Trinajstić information content (AvgIpc) is 2.65. The lowest BCUT2D eigenvalue weighted by molar-refractivity contribution is 0.0827. The highest BCUT2D eigenvalue weighted by molar-refractivity contribution is 7.89. The summed E-state index contributed by atoms with van der Waals surface area (Å²) in [4.78, 5) is 13.6. The van der Waals surface area contributed by atoms with Gasteiger partial charge in [-0.2, -0.15) is 4.31 Å². The van der Waals surface area contributed by atoms with Gasteiger partial charge in [0.1, 0.15) is 0 Å². The molecular formula is C19H26ClN3O3S. The number of carbonyl (C=O) groups is 1. The molecule has 0 bridgehead atoms. The summed E-state index contributed by atoms with van der Waals surface area (Å²) >= 11 is 0. The van der Waals surface area contributed by atoms with Crippen LogP contribution in [0.2, 0.25) is 0 Å². The normalized spacial score (nSPS) is 11.1. The molecule has 0 heterocycles. The summed E-state index contributed by atoms with van der Waals surface area (Å²) in [6, 6.07) is 15.8. The first-order valence-corrected chi connectivity index (χ1v) is 9.86. The minimum absolute atomic E-state index is 0. The largest absolute Gasteiger partial charge is 0.345 e. The van der Waals surface area contributed by atoms with Crippen LogP contribution in [0.15, 0.2) is 59.5 Å². The van der Waals surface area contributed by atoms with Crippen LogP contribution in [0.5, 0.6) is 0 Å². The lowest BCUT2D eigenvalue weighted by Gasteiger charge is -2.22. The van der Waals surface area contributed by atoms with Crippen LogP contribution in [0.25, 0.3) is 0 Å². The van der Waals surface area contributed by atoms with Gasteiger partial charge in [0, 0.05) is 39.3 Å². The van der Waals surface area contributed by atoms with Crippen LogP contribution in [0, 0.1) is 0 Å². The fourth-order valence-electron chi connectivity index (χ4n) is 2.59. The Balaban J connectivity index is 0.00000364. The van der Waals surface area contributed by atoms with Crippen molar-refractivity contribution in [2.45, 2.75) is 11.3 Å². The molecule has 2 N–H and O–H groups in total. The second-order valence-electron chi connectivity index (χ2n) is 6.16. The molecule has 0 aliphatic heterocycles. The highest BCUT2D eigenvalue weighted by Crippen LogP contribution is 2.18. The number of halogens is 1. The van der Waals surface area contributed by atoms with E-state index in [4.69, 9.17) is 5.73 Å². The van der Waals surface area contributed by atoms with Gasteiger partial charge < -0.3 is 10.6 Å². The summed E-state index contributed by atoms with van der Waals surface area (Å²) in [6.45, 7) is 0.779. The van der Waals surface area contributed by atoms with E-state index in [9.17, 15) is 13.2 Å². The Hall–Kier alpha value is -1.93. The molecule has 0 aliphatic rings. The van der Waals surface area contributed by atoms with Crippen molar-refractivity contribution in [2.75, 3.05) is 33.7 Å². The molecule has 8 heteroatoms. The van der Waals surface area contributed by atoms with Crippen molar-refractivity contribution in [1.82, 2.24) is 9.21 Å². The summed E-state index contributed by atoms with van der Waals surface area (Å²) in [5, 5.41) is 0. The Labute approximate surface area is 167 Å². The molecule has 2 aromatic rings. The third-order valence-corrected chi connectivity index (χ3v) is 5.89. The number of hydrogen-bond acceptors (Lipinski definition) is 4. The monoisotopic (exact) mass is 411 g/mol. The Kier molecular flexibility index (Phi) is 8.92. The highest BCUT2D eigenvalue weighted by atomic mass is 35.5. The molecule has 6 nitrogen and oxygen atoms in total. The molecule has 0 atom stereocenters. The first-order chi connectivity index (χ1) is 12.4. The van der Waals surface area contributed by atoms with E-state index in [1.54, 1.807) is 26.2 Å². The number of hydrogen-bond donors (Lipinski definition) is 1. The van der Waals surface area contributed by atoms with Crippen LogP contribution < -0.4 is 5.73 Å². The van der Waals surface area contributed by atoms with Crippen molar-refractivity contribution < 1.29 is 13.2 Å². The van der Waals surface area contributed by atoms with E-state index in [0.29, 0.717) is 18.5 Å². The van der Waals surface area contributed by atoms with Crippen LogP contribution >= 0.6 is 12.4 Å². The van der Waals surface area contributed by atoms with E-state index >= 15 is 0 Å². The minimum atomic E-state index is -3.73. The van der Waals surface area contributed by atoms with Crippen LogP contribution in [-0.2, 0) is 16.4 Å². The molecule has 0 saturated heterocycles. The average molecular weight is 412 g/mol. The SMILES string of the molecule is CN(C)C(=O)c1cccc(S(=O)(=O)N(CCN)CCc2ccccc2)c1.Cl. The van der Waals surface area contributed by atoms with E-state index in [-0.39, 0.29) is 36.3 Å². The topological polar surface area (TPSA) is 83.7 Å². The van der Waals surface area contributed by atoms with E-state index in [1.807, 2.05) is 30.3 Å². The van der Waals surface area contributed by atoms with E-state index in [1.165, 1.54) is 21.3 Å². The van der Waals surface area contributed by atoms with Gasteiger partial charge in [-0.1, -0.05) is 36.4 Å². The van der Waals surface area contributed by atoms with Gasteiger partial charge in [0.25, 0.3) is 5.91 Å². The Morgan fingerprint density at radius 3 is 2.26 bits per heavy atom. The number of benzene rings is 2. The lowest BCUT2D eigenvalue weighted by Crippen LogP contribution is -2.37. The van der Waals surface area contributed by atoms with Gasteiger partial charge in [-0.25, -0.2) is 8.42 Å². The van der Waals surface area contributed by atoms with Crippen LogP contribution in [-0.4, -0.2) is 57.3 Å². The van der Waals surface area contributed by atoms with Crippen LogP contribution in [0.3, 0.4) is 0 Å². The zero-order valence-electron chi connectivity index (χ0n) is 15.5. The first kappa shape index (κ1) is 23.1. The lowest BCUT2D eigenvalue weighted by atomic mass is 10.1. The number of nitrogens with two attached hydrogens (primary N) is 1. The van der Waals surface area contributed by atoms with Crippen molar-refractivity contribution in [3.05, 3.63) is 65.7 Å². The molecule has 0 spiro atoms. The van der Waals surface area contributed by atoms with Gasteiger partial charge in [-0.15, -0.1) is 12.4 Å². The molecule has 0 unspecified atom stereocenters. The van der Waals surface area contributed by atoms with Gasteiger partial charge in [0.2, 0.25) is 10.0 Å². The fourth-order valence-corrected chi connectivity index (χ4v) is 4.09. The number of amides is 1. The van der Waals surface area contributed by atoms with E-state index in [2.05, 4.69) is 0 Å². The summed E-state index contributed by atoms with van der Waals surface area (Å²) in [7, 11) is -0.474. The molecule has 148 valence electrons. The van der Waals surface area contributed by atoms with Gasteiger partial charge in [-0.3, -0.25) is 4.79 Å². The fraction of sp³-hybridized carbons (Fsp3) is 0.316. The van der Waals surface area contributed by atoms with Crippen LogP contribution in [0.4, 0.5) is 0 Å². The van der Waals surface area contributed by atoms with Crippen molar-refractivity contribution >= 4 is 28.3 Å². The molecule has 0 aliphatic carbocycles. The third kappa shape index (κ3) is 6.04. The van der Waals surface area contributed by atoms with Gasteiger partial charge >= 0.3 is 0 Å². The van der Waals surface area contributed by atoms with E-state index in [0.717, 1.165) is 5.56 Å². The van der Waals surface area contributed by atoms with Crippen molar-refractivity contribution in [3.8, 4) is 0 Å².